The van der Waals surface area contributed by atoms with Crippen LogP contribution in [0.4, 0.5) is 0 Å². The first-order chi connectivity index (χ1) is 15.7. The number of carboxylic acid groups (broad SMARTS) is 2. The van der Waals surface area contributed by atoms with E-state index in [1.807, 2.05) is 18.2 Å². The van der Waals surface area contributed by atoms with Gasteiger partial charge in [0.2, 0.25) is 0 Å². The molecule has 0 bridgehead atoms. The van der Waals surface area contributed by atoms with Crippen LogP contribution in [0.5, 0.6) is 11.5 Å². The Morgan fingerprint density at radius 1 is 1.12 bits per heavy atom. The molecule has 0 amide bonds. The number of carbonyl (C=O) groups is 2. The Kier molecular flexibility index (Phi) is 10.4. The SMILES string of the molecule is CC(C)NCC(O)COc1ccc2c(c1)OCC(c1ccccc1)C2.O=C(O)/C=C\C(=O)O. The Bertz CT molecular complexity index is 912. The average molecular weight is 458 g/mol. The second-order valence-corrected chi connectivity index (χ2v) is 7.93. The molecule has 3 rings (SSSR count). The number of aliphatic hydroxyl groups is 1. The molecule has 0 aromatic heterocycles. The van der Waals surface area contributed by atoms with Crippen molar-refractivity contribution >= 4 is 11.9 Å². The lowest BCUT2D eigenvalue weighted by molar-refractivity contribution is -0.134. The van der Waals surface area contributed by atoms with Crippen LogP contribution < -0.4 is 14.8 Å². The molecule has 2 unspecified atom stereocenters. The van der Waals surface area contributed by atoms with Gasteiger partial charge in [0, 0.05) is 36.7 Å². The molecule has 8 heteroatoms. The van der Waals surface area contributed by atoms with E-state index in [-0.39, 0.29) is 6.61 Å². The molecule has 1 heterocycles. The molecule has 1 aliphatic rings. The quantitative estimate of drug-likeness (QED) is 0.424. The number of aliphatic carboxylic acids is 2. The fourth-order valence-corrected chi connectivity index (χ4v) is 3.15. The number of benzene rings is 2. The zero-order valence-corrected chi connectivity index (χ0v) is 18.8. The molecule has 4 N–H and O–H groups in total. The summed E-state index contributed by atoms with van der Waals surface area (Å²) in [7, 11) is 0. The highest BCUT2D eigenvalue weighted by molar-refractivity contribution is 5.89. The van der Waals surface area contributed by atoms with Gasteiger partial charge in [0.1, 0.15) is 24.2 Å². The van der Waals surface area contributed by atoms with E-state index >= 15 is 0 Å². The van der Waals surface area contributed by atoms with Gasteiger partial charge in [-0.1, -0.05) is 50.2 Å². The van der Waals surface area contributed by atoms with E-state index < -0.39 is 18.0 Å². The van der Waals surface area contributed by atoms with E-state index in [4.69, 9.17) is 19.7 Å². The molecule has 0 spiro atoms. The fraction of sp³-hybridized carbons (Fsp3) is 0.360. The van der Waals surface area contributed by atoms with Gasteiger partial charge in [0.05, 0.1) is 6.61 Å². The van der Waals surface area contributed by atoms with Crippen molar-refractivity contribution in [1.82, 2.24) is 5.32 Å². The van der Waals surface area contributed by atoms with Gasteiger partial charge in [-0.2, -0.15) is 0 Å². The third kappa shape index (κ3) is 9.76. The number of hydrogen-bond acceptors (Lipinski definition) is 6. The summed E-state index contributed by atoms with van der Waals surface area (Å²) in [4.78, 5) is 19.1. The molecule has 0 fully saturated rings. The summed E-state index contributed by atoms with van der Waals surface area (Å²) < 4.78 is 11.7. The van der Waals surface area contributed by atoms with Crippen LogP contribution in [0.2, 0.25) is 0 Å². The minimum atomic E-state index is -1.26. The van der Waals surface area contributed by atoms with E-state index in [9.17, 15) is 14.7 Å². The third-order valence-electron chi connectivity index (χ3n) is 4.79. The fourth-order valence-electron chi connectivity index (χ4n) is 3.15. The second-order valence-electron chi connectivity index (χ2n) is 7.93. The molecule has 8 nitrogen and oxygen atoms in total. The Balaban J connectivity index is 0.000000414. The topological polar surface area (TPSA) is 125 Å². The summed E-state index contributed by atoms with van der Waals surface area (Å²) in [6.07, 6.45) is 1.56. The molecule has 0 aliphatic carbocycles. The molecule has 2 atom stereocenters. The normalized spacial score (nSPS) is 15.7. The van der Waals surface area contributed by atoms with Gasteiger partial charge in [-0.25, -0.2) is 9.59 Å². The van der Waals surface area contributed by atoms with E-state index in [2.05, 4.69) is 49.5 Å². The van der Waals surface area contributed by atoms with Crippen LogP contribution in [0.1, 0.15) is 30.9 Å². The van der Waals surface area contributed by atoms with Crippen molar-refractivity contribution in [3.05, 3.63) is 71.8 Å². The van der Waals surface area contributed by atoms with Crippen molar-refractivity contribution in [1.29, 1.82) is 0 Å². The highest BCUT2D eigenvalue weighted by Crippen LogP contribution is 2.34. The monoisotopic (exact) mass is 457 g/mol. The molecule has 33 heavy (non-hydrogen) atoms. The zero-order valence-electron chi connectivity index (χ0n) is 18.8. The summed E-state index contributed by atoms with van der Waals surface area (Å²) in [5, 5.41) is 28.8. The van der Waals surface area contributed by atoms with Crippen molar-refractivity contribution in [2.45, 2.75) is 38.3 Å². The van der Waals surface area contributed by atoms with Gasteiger partial charge in [0.15, 0.2) is 0 Å². The lowest BCUT2D eigenvalue weighted by Gasteiger charge is -2.26. The van der Waals surface area contributed by atoms with E-state index in [1.165, 1.54) is 11.1 Å². The smallest absolute Gasteiger partial charge is 0.328 e. The number of nitrogens with one attached hydrogen (secondary N) is 1. The Morgan fingerprint density at radius 3 is 2.39 bits per heavy atom. The van der Waals surface area contributed by atoms with Crippen LogP contribution in [-0.4, -0.2) is 59.2 Å². The van der Waals surface area contributed by atoms with Gasteiger partial charge in [0.25, 0.3) is 0 Å². The molecular weight excluding hydrogens is 426 g/mol. The Hall–Kier alpha value is -3.36. The number of fused-ring (bicyclic) bond motifs is 1. The molecule has 0 saturated heterocycles. The van der Waals surface area contributed by atoms with Crippen molar-refractivity contribution in [3.63, 3.8) is 0 Å². The Morgan fingerprint density at radius 2 is 1.79 bits per heavy atom. The first-order valence-corrected chi connectivity index (χ1v) is 10.7. The van der Waals surface area contributed by atoms with Gasteiger partial charge in [-0.05, 0) is 23.6 Å². The second kappa shape index (κ2) is 13.2. The largest absolute Gasteiger partial charge is 0.493 e. The molecule has 0 radical (unpaired) electrons. The van der Waals surface area contributed by atoms with Crippen molar-refractivity contribution in [2.75, 3.05) is 19.8 Å². The van der Waals surface area contributed by atoms with Crippen LogP contribution in [0.3, 0.4) is 0 Å². The van der Waals surface area contributed by atoms with Crippen molar-refractivity contribution < 1.29 is 34.4 Å². The summed E-state index contributed by atoms with van der Waals surface area (Å²) in [5.41, 5.74) is 2.52. The zero-order chi connectivity index (χ0) is 24.2. The number of rotatable bonds is 9. The summed E-state index contributed by atoms with van der Waals surface area (Å²) >= 11 is 0. The van der Waals surface area contributed by atoms with Crippen LogP contribution in [-0.2, 0) is 16.0 Å². The average Bonchev–Trinajstić information content (AvgIpc) is 2.80. The maximum absolute atomic E-state index is 9.94. The standard InChI is InChI=1S/C21H27NO3.C4H4O4/c1-15(2)22-12-19(23)14-24-20-9-8-17-10-18(13-25-21(17)11-20)16-6-4-3-5-7-16;5-3(6)1-2-4(7)8/h3-9,11,15,18-19,22-23H,10,12-14H2,1-2H3;1-2H,(H,5,6)(H,7,8)/b;2-1-. The first kappa shape index (κ1) is 25.9. The number of ether oxygens (including phenoxy) is 2. The summed E-state index contributed by atoms with van der Waals surface area (Å²) in [6.45, 7) is 5.58. The summed E-state index contributed by atoms with van der Waals surface area (Å²) in [6, 6.07) is 16.8. The maximum atomic E-state index is 9.94. The molecular formula is C25H31NO7. The number of aliphatic hydroxyl groups excluding tert-OH is 1. The lowest BCUT2D eigenvalue weighted by Crippen LogP contribution is -2.35. The number of carboxylic acids is 2. The highest BCUT2D eigenvalue weighted by Gasteiger charge is 2.21. The van der Waals surface area contributed by atoms with E-state index in [0.717, 1.165) is 17.9 Å². The van der Waals surface area contributed by atoms with Crippen molar-refractivity contribution in [3.8, 4) is 11.5 Å². The third-order valence-corrected chi connectivity index (χ3v) is 4.79. The predicted octanol–water partition coefficient (Wildman–Crippen LogP) is 2.85. The minimum Gasteiger partial charge on any atom is -0.493 e. The Labute approximate surface area is 193 Å². The van der Waals surface area contributed by atoms with Crippen LogP contribution in [0, 0.1) is 0 Å². The molecule has 2 aromatic carbocycles. The van der Waals surface area contributed by atoms with Gasteiger partial charge >= 0.3 is 11.9 Å². The van der Waals surface area contributed by atoms with E-state index in [1.54, 1.807) is 0 Å². The molecule has 2 aromatic rings. The van der Waals surface area contributed by atoms with Gasteiger partial charge < -0.3 is 30.1 Å². The van der Waals surface area contributed by atoms with Gasteiger partial charge in [-0.3, -0.25) is 0 Å². The predicted molar refractivity (Wildman–Crippen MR) is 124 cm³/mol. The lowest BCUT2D eigenvalue weighted by atomic mass is 9.90. The summed E-state index contributed by atoms with van der Waals surface area (Å²) in [5.74, 6) is -0.496. The van der Waals surface area contributed by atoms with Crippen LogP contribution >= 0.6 is 0 Å². The molecule has 1 aliphatic heterocycles. The maximum Gasteiger partial charge on any atom is 0.328 e. The molecule has 0 saturated carbocycles. The van der Waals surface area contributed by atoms with Crippen LogP contribution in [0.25, 0.3) is 0 Å². The van der Waals surface area contributed by atoms with Gasteiger partial charge in [-0.15, -0.1) is 0 Å². The van der Waals surface area contributed by atoms with Crippen LogP contribution in [0.15, 0.2) is 60.7 Å². The van der Waals surface area contributed by atoms with Crippen molar-refractivity contribution in [2.24, 2.45) is 0 Å². The highest BCUT2D eigenvalue weighted by atomic mass is 16.5. The number of hydrogen-bond donors (Lipinski definition) is 4. The van der Waals surface area contributed by atoms with E-state index in [0.29, 0.717) is 37.3 Å². The first-order valence-electron chi connectivity index (χ1n) is 10.7. The minimum absolute atomic E-state index is 0.269. The molecule has 178 valence electrons.